The Hall–Kier alpha value is -2.95. The molecule has 168 valence electrons. The van der Waals surface area contributed by atoms with Crippen LogP contribution in [0.3, 0.4) is 0 Å². The van der Waals surface area contributed by atoms with Crippen LogP contribution in [0.1, 0.15) is 48.5 Å². The van der Waals surface area contributed by atoms with Crippen molar-refractivity contribution in [2.24, 2.45) is 0 Å². The van der Waals surface area contributed by atoms with Gasteiger partial charge in [0, 0.05) is 24.0 Å². The summed E-state index contributed by atoms with van der Waals surface area (Å²) in [6.45, 7) is 5.87. The van der Waals surface area contributed by atoms with Crippen LogP contribution in [0.15, 0.2) is 22.7 Å². The number of amides is 2. The molecule has 0 bridgehead atoms. The molecule has 2 amide bonds. The van der Waals surface area contributed by atoms with Crippen molar-refractivity contribution >= 4 is 12.0 Å². The second-order valence-corrected chi connectivity index (χ2v) is 8.02. The highest BCUT2D eigenvalue weighted by atomic mass is 19.4. The second-order valence-electron chi connectivity index (χ2n) is 8.02. The number of carbonyl (C=O) groups excluding carboxylic acids is 2. The molecule has 11 heteroatoms. The predicted molar refractivity (Wildman–Crippen MR) is 100 cm³/mol. The van der Waals surface area contributed by atoms with Crippen molar-refractivity contribution in [2.75, 3.05) is 13.1 Å². The summed E-state index contributed by atoms with van der Waals surface area (Å²) in [5.41, 5.74) is 1.07. The van der Waals surface area contributed by atoms with E-state index in [2.05, 4.69) is 20.0 Å². The number of likely N-dealkylation sites (tertiary alicyclic amines) is 1. The fraction of sp³-hybridized carbons (Fsp3) is 0.500. The molecule has 1 fully saturated rings. The summed E-state index contributed by atoms with van der Waals surface area (Å²) in [7, 11) is 0. The third kappa shape index (κ3) is 4.55. The maximum atomic E-state index is 12.7. The first-order valence-electron chi connectivity index (χ1n) is 9.85. The average molecular weight is 440 g/mol. The van der Waals surface area contributed by atoms with E-state index in [0.717, 1.165) is 12.8 Å². The van der Waals surface area contributed by atoms with E-state index in [1.54, 1.807) is 13.8 Å². The predicted octanol–water partition coefficient (Wildman–Crippen LogP) is 2.52. The summed E-state index contributed by atoms with van der Waals surface area (Å²) in [6, 6.07) is 3.86. The number of hydrogen-bond acceptors (Lipinski definition) is 6. The van der Waals surface area contributed by atoms with Crippen LogP contribution in [0.4, 0.5) is 18.0 Å². The summed E-state index contributed by atoms with van der Waals surface area (Å²) < 4.78 is 42.0. The van der Waals surface area contributed by atoms with Gasteiger partial charge in [0.2, 0.25) is 5.82 Å². The zero-order chi connectivity index (χ0) is 23.0. The number of nitrogens with one attached hydrogen (secondary N) is 1. The van der Waals surface area contributed by atoms with Crippen LogP contribution in [0.5, 0.6) is 0 Å². The van der Waals surface area contributed by atoms with Crippen molar-refractivity contribution in [3.8, 4) is 11.4 Å². The number of aromatic nitrogens is 2. The van der Waals surface area contributed by atoms with Crippen molar-refractivity contribution in [1.29, 1.82) is 0 Å². The highest BCUT2D eigenvalue weighted by Crippen LogP contribution is 2.30. The topological polar surface area (TPSA) is 108 Å². The minimum Gasteiger partial charge on any atom is -0.498 e. The van der Waals surface area contributed by atoms with Crippen molar-refractivity contribution < 1.29 is 36.9 Å². The van der Waals surface area contributed by atoms with E-state index in [1.165, 1.54) is 18.2 Å². The van der Waals surface area contributed by atoms with Crippen LogP contribution in [-0.2, 0) is 6.18 Å². The molecule has 1 aromatic carbocycles. The maximum Gasteiger partial charge on any atom is 0.471 e. The van der Waals surface area contributed by atoms with Crippen molar-refractivity contribution in [2.45, 2.75) is 51.9 Å². The number of hydrogen-bond donors (Lipinski definition) is 1. The SMILES string of the molecule is Cc1cc(C(=O)N[C@H](C)C[N+]2(C(=O)[O-])CCC[C@@H]2C)ccc1-c1noc(C(F)(F)F)n1. The number of benzene rings is 1. The van der Waals surface area contributed by atoms with E-state index in [0.29, 0.717) is 17.7 Å². The monoisotopic (exact) mass is 440 g/mol. The van der Waals surface area contributed by atoms with Crippen molar-refractivity contribution in [3.63, 3.8) is 0 Å². The largest absolute Gasteiger partial charge is 0.498 e. The van der Waals surface area contributed by atoms with Crippen LogP contribution < -0.4 is 10.4 Å². The Morgan fingerprint density at radius 1 is 1.39 bits per heavy atom. The van der Waals surface area contributed by atoms with Gasteiger partial charge in [0.25, 0.3) is 12.0 Å². The molecule has 0 spiro atoms. The van der Waals surface area contributed by atoms with E-state index in [1.807, 2.05) is 6.92 Å². The minimum absolute atomic E-state index is 0.0950. The fourth-order valence-electron chi connectivity index (χ4n) is 4.10. The van der Waals surface area contributed by atoms with Gasteiger partial charge in [-0.05, 0) is 38.5 Å². The molecule has 1 saturated heterocycles. The molecule has 31 heavy (non-hydrogen) atoms. The van der Waals surface area contributed by atoms with Crippen LogP contribution in [0.2, 0.25) is 0 Å². The van der Waals surface area contributed by atoms with Gasteiger partial charge in [-0.3, -0.25) is 9.28 Å². The van der Waals surface area contributed by atoms with E-state index in [-0.39, 0.29) is 28.5 Å². The van der Waals surface area contributed by atoms with E-state index in [9.17, 15) is 27.9 Å². The number of carboxylic acid groups (broad SMARTS) is 1. The molecule has 2 aromatic rings. The fourth-order valence-corrected chi connectivity index (χ4v) is 4.10. The lowest BCUT2D eigenvalue weighted by Gasteiger charge is -2.39. The first kappa shape index (κ1) is 22.7. The minimum atomic E-state index is -4.74. The Morgan fingerprint density at radius 3 is 2.61 bits per heavy atom. The Bertz CT molecular complexity index is 991. The molecule has 8 nitrogen and oxygen atoms in total. The van der Waals surface area contributed by atoms with E-state index < -0.39 is 30.1 Å². The molecule has 0 saturated carbocycles. The Kier molecular flexibility index (Phi) is 6.08. The molecule has 3 rings (SSSR count). The zero-order valence-corrected chi connectivity index (χ0v) is 17.3. The molecule has 0 radical (unpaired) electrons. The van der Waals surface area contributed by atoms with Crippen LogP contribution >= 0.6 is 0 Å². The van der Waals surface area contributed by atoms with Gasteiger partial charge in [0.15, 0.2) is 0 Å². The molecule has 3 atom stereocenters. The summed E-state index contributed by atoms with van der Waals surface area (Å²) in [5.74, 6) is -2.10. The van der Waals surface area contributed by atoms with Crippen LogP contribution in [-0.4, -0.2) is 51.8 Å². The molecule has 1 unspecified atom stereocenters. The Balaban J connectivity index is 1.72. The number of aryl methyl sites for hydroxylation is 1. The van der Waals surface area contributed by atoms with Crippen LogP contribution in [0, 0.1) is 6.92 Å². The third-order valence-electron chi connectivity index (χ3n) is 5.76. The van der Waals surface area contributed by atoms with Gasteiger partial charge in [0.1, 0.15) is 6.54 Å². The summed E-state index contributed by atoms with van der Waals surface area (Å²) in [5, 5.41) is 17.9. The van der Waals surface area contributed by atoms with Crippen molar-refractivity contribution in [3.05, 3.63) is 35.2 Å². The van der Waals surface area contributed by atoms with Gasteiger partial charge in [-0.15, -0.1) is 0 Å². The number of carbonyl (C=O) groups is 2. The molecule has 1 aliphatic rings. The number of alkyl halides is 3. The number of nitrogens with zero attached hydrogens (tertiary/aromatic N) is 3. The Labute approximate surface area is 176 Å². The van der Waals surface area contributed by atoms with E-state index >= 15 is 0 Å². The molecule has 2 heterocycles. The standard InChI is InChI=1S/C20H23F3N4O4/c1-11-9-14(6-7-15(11)16-25-18(31-26-16)20(21,22)23)17(28)24-12(2)10-27(19(29)30)8-4-5-13(27)3/h6-7,9,12-13H,4-5,8,10H2,1-3H3,(H-,24,28,29,30)/t12-,13+,27?/m1/s1. The molecular formula is C20H23F3N4O4. The third-order valence-corrected chi connectivity index (χ3v) is 5.76. The van der Waals surface area contributed by atoms with Gasteiger partial charge < -0.3 is 19.7 Å². The number of quaternary nitrogens is 1. The lowest BCUT2D eigenvalue weighted by atomic mass is 10.0. The number of halogens is 3. The first-order valence-corrected chi connectivity index (χ1v) is 9.85. The maximum absolute atomic E-state index is 12.7. The quantitative estimate of drug-likeness (QED) is 0.716. The zero-order valence-electron chi connectivity index (χ0n) is 17.3. The summed E-state index contributed by atoms with van der Waals surface area (Å²) >= 11 is 0. The highest BCUT2D eigenvalue weighted by Gasteiger charge is 2.42. The molecular weight excluding hydrogens is 417 g/mol. The lowest BCUT2D eigenvalue weighted by Crippen LogP contribution is -2.64. The first-order chi connectivity index (χ1) is 14.4. The molecule has 1 aromatic heterocycles. The molecule has 1 aliphatic heterocycles. The molecule has 1 N–H and O–H groups in total. The Morgan fingerprint density at radius 2 is 2.10 bits per heavy atom. The summed E-state index contributed by atoms with van der Waals surface area (Å²) in [6.07, 6.45) is -4.33. The van der Waals surface area contributed by atoms with Gasteiger partial charge in [-0.25, -0.2) is 0 Å². The highest BCUT2D eigenvalue weighted by molar-refractivity contribution is 5.95. The van der Waals surface area contributed by atoms with Crippen LogP contribution in [0.25, 0.3) is 11.4 Å². The lowest BCUT2D eigenvalue weighted by molar-refractivity contribution is -0.886. The summed E-state index contributed by atoms with van der Waals surface area (Å²) in [4.78, 5) is 27.8. The average Bonchev–Trinajstić information content (AvgIpc) is 3.29. The van der Waals surface area contributed by atoms with Gasteiger partial charge in [-0.1, -0.05) is 11.2 Å². The second kappa shape index (κ2) is 8.29. The van der Waals surface area contributed by atoms with Gasteiger partial charge in [0.05, 0.1) is 18.6 Å². The van der Waals surface area contributed by atoms with E-state index in [4.69, 9.17) is 0 Å². The normalized spacial score (nSPS) is 22.3. The van der Waals surface area contributed by atoms with Gasteiger partial charge in [-0.2, -0.15) is 18.2 Å². The smallest absolute Gasteiger partial charge is 0.471 e. The number of rotatable bonds is 5. The molecule has 0 aliphatic carbocycles. The van der Waals surface area contributed by atoms with Gasteiger partial charge >= 0.3 is 12.1 Å². The van der Waals surface area contributed by atoms with Crippen molar-refractivity contribution in [1.82, 2.24) is 15.5 Å².